The minimum absolute atomic E-state index is 0.0348. The summed E-state index contributed by atoms with van der Waals surface area (Å²) in [6, 6.07) is 7.96. The molecule has 41 heavy (non-hydrogen) atoms. The summed E-state index contributed by atoms with van der Waals surface area (Å²) < 4.78 is 19.8. The van der Waals surface area contributed by atoms with Crippen LogP contribution in [0, 0.1) is 11.8 Å². The molecule has 3 aliphatic rings. The summed E-state index contributed by atoms with van der Waals surface area (Å²) in [5.74, 6) is -3.52. The maximum Gasteiger partial charge on any atom is 0.303 e. The molecule has 5 atom stereocenters. The van der Waals surface area contributed by atoms with Crippen LogP contribution < -0.4 is 9.64 Å². The van der Waals surface area contributed by atoms with E-state index in [-0.39, 0.29) is 38.3 Å². The van der Waals surface area contributed by atoms with Gasteiger partial charge >= 0.3 is 11.9 Å². The molecule has 4 N–H and O–H groups in total. The lowest BCUT2D eigenvalue weighted by atomic mass is 9.78. The van der Waals surface area contributed by atoms with E-state index in [0.29, 0.717) is 6.54 Å². The summed E-state index contributed by atoms with van der Waals surface area (Å²) >= 11 is 0. The second-order valence-electron chi connectivity index (χ2n) is 10.9. The topological polar surface area (TPSA) is 168 Å². The number of carboxylic acids is 2. The van der Waals surface area contributed by atoms with E-state index in [1.165, 1.54) is 0 Å². The van der Waals surface area contributed by atoms with Crippen molar-refractivity contribution >= 4 is 29.4 Å². The standard InChI is InChI=1S/C24H34FN3O5.C4H6O4/c1-15(2)33-22-6-4-3-5-20(22)27-9-7-26(8-10-27)13-16(29)14-28-23(31)17-11-19(25)21(30)12-18(17)24(28)32;5-3(6)1-2-4(7)8/h3-6,15-19,21,29-30H,7-14H2,1-2H3;1-2H2,(H,5,6)(H,7,8). The monoisotopic (exact) mass is 581 g/mol. The van der Waals surface area contributed by atoms with Gasteiger partial charge in [0.05, 0.1) is 55.2 Å². The summed E-state index contributed by atoms with van der Waals surface area (Å²) in [6.07, 6.45) is -4.25. The van der Waals surface area contributed by atoms with Crippen LogP contribution in [0.15, 0.2) is 24.3 Å². The molecule has 1 aliphatic carbocycles. The van der Waals surface area contributed by atoms with Crippen LogP contribution in [0.25, 0.3) is 0 Å². The molecule has 2 aliphatic heterocycles. The molecule has 2 amide bonds. The lowest BCUT2D eigenvalue weighted by molar-refractivity contribution is -0.143. The lowest BCUT2D eigenvalue weighted by Gasteiger charge is -2.37. The summed E-state index contributed by atoms with van der Waals surface area (Å²) in [5.41, 5.74) is 1.05. The largest absolute Gasteiger partial charge is 0.489 e. The highest BCUT2D eigenvalue weighted by Gasteiger charge is 2.52. The number of halogens is 1. The number of β-amino-alcohol motifs (C(OH)–C–C–N with tert-alkyl or cyclic N) is 1. The number of hydrogen-bond donors (Lipinski definition) is 4. The van der Waals surface area contributed by atoms with Crippen molar-refractivity contribution in [3.05, 3.63) is 24.3 Å². The lowest BCUT2D eigenvalue weighted by Crippen LogP contribution is -2.50. The highest BCUT2D eigenvalue weighted by Crippen LogP contribution is 2.39. The number of imide groups is 1. The minimum atomic E-state index is -1.49. The Morgan fingerprint density at radius 2 is 1.51 bits per heavy atom. The molecular weight excluding hydrogens is 541 g/mol. The van der Waals surface area contributed by atoms with Crippen molar-refractivity contribution in [2.24, 2.45) is 11.8 Å². The first-order valence-electron chi connectivity index (χ1n) is 13.9. The van der Waals surface area contributed by atoms with Crippen LogP contribution >= 0.6 is 0 Å². The molecule has 4 rings (SSSR count). The molecule has 2 saturated heterocycles. The van der Waals surface area contributed by atoms with Crippen molar-refractivity contribution < 1.29 is 48.7 Å². The van der Waals surface area contributed by atoms with Crippen LogP contribution in [0.5, 0.6) is 5.75 Å². The minimum Gasteiger partial charge on any atom is -0.489 e. The number of amides is 2. The Morgan fingerprint density at radius 3 is 2.07 bits per heavy atom. The number of aliphatic carboxylic acids is 2. The Morgan fingerprint density at radius 1 is 0.951 bits per heavy atom. The third kappa shape index (κ3) is 8.85. The number of carbonyl (C=O) groups excluding carboxylic acids is 2. The second kappa shape index (κ2) is 14.6. The number of aliphatic hydroxyl groups excluding tert-OH is 2. The van der Waals surface area contributed by atoms with Gasteiger partial charge < -0.3 is 30.1 Å². The summed E-state index contributed by atoms with van der Waals surface area (Å²) in [7, 11) is 0. The van der Waals surface area contributed by atoms with Gasteiger partial charge in [0.1, 0.15) is 11.9 Å². The molecule has 1 saturated carbocycles. The van der Waals surface area contributed by atoms with Crippen molar-refractivity contribution in [2.45, 2.75) is 64.0 Å². The number of alkyl halides is 1. The molecule has 1 aromatic rings. The number of carbonyl (C=O) groups is 4. The first-order chi connectivity index (χ1) is 19.4. The van der Waals surface area contributed by atoms with Gasteiger partial charge in [0.15, 0.2) is 0 Å². The van der Waals surface area contributed by atoms with Crippen molar-refractivity contribution in [2.75, 3.05) is 44.2 Å². The number of hydrogen-bond acceptors (Lipinski definition) is 9. The number of rotatable bonds is 10. The zero-order valence-corrected chi connectivity index (χ0v) is 23.4. The predicted octanol–water partition coefficient (Wildman–Crippen LogP) is 0.987. The van der Waals surface area contributed by atoms with Crippen LogP contribution in [-0.2, 0) is 19.2 Å². The molecule has 2 heterocycles. The summed E-state index contributed by atoms with van der Waals surface area (Å²) in [5, 5.41) is 36.2. The average Bonchev–Trinajstić information content (AvgIpc) is 3.12. The van der Waals surface area contributed by atoms with E-state index < -0.39 is 54.0 Å². The van der Waals surface area contributed by atoms with E-state index >= 15 is 0 Å². The first kappa shape index (κ1) is 32.2. The molecule has 5 unspecified atom stereocenters. The van der Waals surface area contributed by atoms with E-state index in [2.05, 4.69) is 9.80 Å². The van der Waals surface area contributed by atoms with Gasteiger partial charge in [-0.3, -0.25) is 29.0 Å². The fourth-order valence-corrected chi connectivity index (χ4v) is 5.39. The normalized spacial score (nSPS) is 25.4. The van der Waals surface area contributed by atoms with Crippen LogP contribution in [0.2, 0.25) is 0 Å². The van der Waals surface area contributed by atoms with Gasteiger partial charge in [0.2, 0.25) is 11.8 Å². The van der Waals surface area contributed by atoms with Gasteiger partial charge in [0, 0.05) is 32.7 Å². The van der Waals surface area contributed by atoms with Crippen LogP contribution in [0.1, 0.15) is 39.5 Å². The average molecular weight is 582 g/mol. The van der Waals surface area contributed by atoms with Crippen molar-refractivity contribution in [3.8, 4) is 5.75 Å². The van der Waals surface area contributed by atoms with E-state index in [1.54, 1.807) is 0 Å². The van der Waals surface area contributed by atoms with E-state index in [1.807, 2.05) is 38.1 Å². The summed E-state index contributed by atoms with van der Waals surface area (Å²) in [4.78, 5) is 50.0. The number of fused-ring (bicyclic) bond motifs is 1. The van der Waals surface area contributed by atoms with Gasteiger partial charge in [-0.05, 0) is 38.8 Å². The van der Waals surface area contributed by atoms with E-state index in [0.717, 1.165) is 42.5 Å². The number of nitrogens with zero attached hydrogens (tertiary/aromatic N) is 3. The third-order valence-corrected chi connectivity index (χ3v) is 7.40. The molecule has 3 fully saturated rings. The Hall–Kier alpha value is -3.29. The van der Waals surface area contributed by atoms with E-state index in [9.17, 15) is 33.8 Å². The van der Waals surface area contributed by atoms with Gasteiger partial charge in [-0.25, -0.2) is 4.39 Å². The number of ether oxygens (including phenoxy) is 1. The molecule has 13 heteroatoms. The number of carboxylic acid groups (broad SMARTS) is 2. The van der Waals surface area contributed by atoms with Gasteiger partial charge in [-0.1, -0.05) is 12.1 Å². The maximum absolute atomic E-state index is 13.9. The van der Waals surface area contributed by atoms with Gasteiger partial charge in [0.25, 0.3) is 0 Å². The number of para-hydroxylation sites is 2. The zero-order chi connectivity index (χ0) is 30.3. The quantitative estimate of drug-likeness (QED) is 0.291. The smallest absolute Gasteiger partial charge is 0.303 e. The number of likely N-dealkylation sites (tertiary alicyclic amines) is 1. The van der Waals surface area contributed by atoms with Crippen LogP contribution in [-0.4, -0.2) is 118 Å². The van der Waals surface area contributed by atoms with Crippen LogP contribution in [0.3, 0.4) is 0 Å². The van der Waals surface area contributed by atoms with Crippen molar-refractivity contribution in [1.82, 2.24) is 9.80 Å². The summed E-state index contributed by atoms with van der Waals surface area (Å²) in [6.45, 7) is 7.25. The fourth-order valence-electron chi connectivity index (χ4n) is 5.39. The number of aliphatic hydroxyl groups is 2. The van der Waals surface area contributed by atoms with Gasteiger partial charge in [-0.15, -0.1) is 0 Å². The predicted molar refractivity (Wildman–Crippen MR) is 145 cm³/mol. The molecule has 0 bridgehead atoms. The Bertz CT molecular complexity index is 1040. The molecule has 0 radical (unpaired) electrons. The molecule has 1 aromatic carbocycles. The van der Waals surface area contributed by atoms with Crippen molar-refractivity contribution in [3.63, 3.8) is 0 Å². The molecular formula is C28H40FN3O9. The highest BCUT2D eigenvalue weighted by molar-refractivity contribution is 6.05. The Kier molecular flexibility index (Phi) is 11.4. The SMILES string of the molecule is CC(C)Oc1ccccc1N1CCN(CC(O)CN2C(=O)C3CC(O)C(F)CC3C2=O)CC1.O=C(O)CCC(=O)O. The number of piperazine rings is 1. The Balaban J connectivity index is 0.000000507. The fraction of sp³-hybridized carbons (Fsp3) is 0.643. The van der Waals surface area contributed by atoms with Crippen molar-refractivity contribution in [1.29, 1.82) is 0 Å². The zero-order valence-electron chi connectivity index (χ0n) is 23.4. The Labute approximate surface area is 238 Å². The van der Waals surface area contributed by atoms with Crippen LogP contribution in [0.4, 0.5) is 10.1 Å². The maximum atomic E-state index is 13.9. The molecule has 12 nitrogen and oxygen atoms in total. The third-order valence-electron chi connectivity index (χ3n) is 7.40. The highest BCUT2D eigenvalue weighted by atomic mass is 19.1. The molecule has 228 valence electrons. The number of benzene rings is 1. The van der Waals surface area contributed by atoms with E-state index in [4.69, 9.17) is 14.9 Å². The molecule has 0 aromatic heterocycles. The molecule has 0 spiro atoms. The van der Waals surface area contributed by atoms with Gasteiger partial charge in [-0.2, -0.15) is 0 Å². The second-order valence-corrected chi connectivity index (χ2v) is 10.9. The first-order valence-corrected chi connectivity index (χ1v) is 13.9. The number of anilines is 1.